The number of H-pyrrole nitrogens is 1. The average Bonchev–Trinajstić information content (AvgIpc) is 3.48. The van der Waals surface area contributed by atoms with Gasteiger partial charge in [0.1, 0.15) is 11.5 Å². The van der Waals surface area contributed by atoms with Crippen molar-refractivity contribution in [3.05, 3.63) is 77.6 Å². The van der Waals surface area contributed by atoms with Crippen LogP contribution < -0.4 is 4.74 Å². The lowest BCUT2D eigenvalue weighted by Crippen LogP contribution is -2.46. The van der Waals surface area contributed by atoms with Crippen molar-refractivity contribution in [3.63, 3.8) is 0 Å². The van der Waals surface area contributed by atoms with Crippen LogP contribution in [-0.4, -0.2) is 78.9 Å². The standard InChI is InChI=1S/C32H33FN8O2S/c33-25-17-22(16-24(42)15-21-1-2-21)4-6-28(25)43-29-7-9-34-27-18-30(44-32(27)29)26-5-3-23(19-35-26)20-41-13-11-40(12-14-41)10-8-31-36-38-39-37-31/h3-7,9,17-19,21H,1-2,8,10-16,20H2,(H,36,37,38,39). The summed E-state index contributed by atoms with van der Waals surface area (Å²) >= 11 is 1.52. The fourth-order valence-electron chi connectivity index (χ4n) is 5.56. The number of carbonyl (C=O) groups excluding carboxylic acids is 1. The molecule has 7 rings (SSSR count). The smallest absolute Gasteiger partial charge is 0.175 e. The first-order chi connectivity index (χ1) is 21.6. The highest BCUT2D eigenvalue weighted by atomic mass is 32.1. The van der Waals surface area contributed by atoms with Crippen molar-refractivity contribution >= 4 is 27.3 Å². The number of thiophene rings is 1. The number of fused-ring (bicyclic) bond motifs is 1. The van der Waals surface area contributed by atoms with Crippen molar-refractivity contribution in [2.75, 3.05) is 32.7 Å². The van der Waals surface area contributed by atoms with Crippen molar-refractivity contribution in [1.82, 2.24) is 40.4 Å². The van der Waals surface area contributed by atoms with Gasteiger partial charge in [-0.15, -0.1) is 21.5 Å². The van der Waals surface area contributed by atoms with Gasteiger partial charge in [0.05, 0.1) is 20.8 Å². The molecule has 5 aromatic rings. The van der Waals surface area contributed by atoms with Crippen molar-refractivity contribution in [2.24, 2.45) is 5.92 Å². The predicted octanol–water partition coefficient (Wildman–Crippen LogP) is 5.07. The fourth-order valence-corrected chi connectivity index (χ4v) is 6.60. The van der Waals surface area contributed by atoms with E-state index in [9.17, 15) is 9.18 Å². The predicted molar refractivity (Wildman–Crippen MR) is 165 cm³/mol. The number of hydrogen-bond acceptors (Lipinski definition) is 10. The number of piperazine rings is 1. The Balaban J connectivity index is 0.965. The average molecular weight is 613 g/mol. The number of benzene rings is 1. The quantitative estimate of drug-likeness (QED) is 0.206. The lowest BCUT2D eigenvalue weighted by molar-refractivity contribution is -0.118. The Morgan fingerprint density at radius 1 is 1.00 bits per heavy atom. The Kier molecular flexibility index (Phi) is 8.36. The maximum Gasteiger partial charge on any atom is 0.175 e. The second-order valence-corrected chi connectivity index (χ2v) is 12.7. The van der Waals surface area contributed by atoms with Crippen LogP contribution in [0, 0.1) is 11.7 Å². The number of nitrogens with one attached hydrogen (secondary N) is 1. The van der Waals surface area contributed by atoms with Crippen LogP contribution in [-0.2, 0) is 24.2 Å². The lowest BCUT2D eigenvalue weighted by Gasteiger charge is -2.34. The van der Waals surface area contributed by atoms with Crippen LogP contribution in [0.15, 0.2) is 54.9 Å². The molecule has 4 aromatic heterocycles. The molecule has 0 amide bonds. The number of ketones is 1. The van der Waals surface area contributed by atoms with E-state index in [1.807, 2.05) is 18.3 Å². The van der Waals surface area contributed by atoms with Crippen LogP contribution in [0.3, 0.4) is 0 Å². The van der Waals surface area contributed by atoms with Gasteiger partial charge in [0.25, 0.3) is 0 Å². The number of nitrogens with zero attached hydrogens (tertiary/aromatic N) is 7. The van der Waals surface area contributed by atoms with E-state index in [-0.39, 0.29) is 18.0 Å². The van der Waals surface area contributed by atoms with E-state index in [1.54, 1.807) is 24.4 Å². The van der Waals surface area contributed by atoms with Gasteiger partial charge in [-0.3, -0.25) is 19.7 Å². The molecule has 1 aromatic carbocycles. The third kappa shape index (κ3) is 6.98. The first-order valence-electron chi connectivity index (χ1n) is 15.0. The van der Waals surface area contributed by atoms with E-state index in [0.717, 1.165) is 85.1 Å². The summed E-state index contributed by atoms with van der Waals surface area (Å²) in [4.78, 5) is 27.3. The van der Waals surface area contributed by atoms with E-state index in [1.165, 1.54) is 23.0 Å². The SMILES string of the molecule is O=C(Cc1ccc(Oc2ccnc3cc(-c4ccc(CN5CCN(CCc6nn[nH]n6)CC5)cn4)sc23)c(F)c1)CC1CC1. The molecule has 226 valence electrons. The zero-order valence-electron chi connectivity index (χ0n) is 24.3. The molecule has 2 aliphatic rings. The Morgan fingerprint density at radius 3 is 2.59 bits per heavy atom. The number of carbonyl (C=O) groups is 1. The molecule has 1 saturated heterocycles. The molecule has 2 fully saturated rings. The number of pyridine rings is 2. The zero-order chi connectivity index (χ0) is 29.9. The first kappa shape index (κ1) is 28.6. The molecule has 0 atom stereocenters. The molecule has 1 saturated carbocycles. The number of hydrogen-bond donors (Lipinski definition) is 1. The summed E-state index contributed by atoms with van der Waals surface area (Å²) in [7, 11) is 0. The lowest BCUT2D eigenvalue weighted by atomic mass is 10.0. The monoisotopic (exact) mass is 612 g/mol. The number of Topliss-reactive ketones (excluding diaryl/α,β-unsaturated/α-hetero) is 1. The van der Waals surface area contributed by atoms with Gasteiger partial charge in [-0.25, -0.2) is 4.39 Å². The van der Waals surface area contributed by atoms with E-state index in [0.29, 0.717) is 23.7 Å². The normalized spacial score (nSPS) is 16.0. The van der Waals surface area contributed by atoms with Crippen LogP contribution >= 0.6 is 11.3 Å². The number of ether oxygens (including phenoxy) is 1. The highest BCUT2D eigenvalue weighted by molar-refractivity contribution is 7.22. The van der Waals surface area contributed by atoms with Crippen molar-refractivity contribution in [3.8, 4) is 22.1 Å². The molecular weight excluding hydrogens is 579 g/mol. The highest BCUT2D eigenvalue weighted by Gasteiger charge is 2.24. The van der Waals surface area contributed by atoms with Crippen LogP contribution in [0.25, 0.3) is 20.8 Å². The molecular formula is C32H33FN8O2S. The molecule has 44 heavy (non-hydrogen) atoms. The second-order valence-electron chi connectivity index (χ2n) is 11.6. The molecule has 1 N–H and O–H groups in total. The Labute approximate surface area is 258 Å². The third-order valence-electron chi connectivity index (χ3n) is 8.20. The van der Waals surface area contributed by atoms with Crippen molar-refractivity contribution in [2.45, 2.75) is 38.6 Å². The molecule has 1 aliphatic carbocycles. The van der Waals surface area contributed by atoms with Gasteiger partial charge in [-0.1, -0.05) is 17.3 Å². The summed E-state index contributed by atoms with van der Waals surface area (Å²) in [5.41, 5.74) is 3.48. The Bertz CT molecular complexity index is 1730. The summed E-state index contributed by atoms with van der Waals surface area (Å²) in [6, 6.07) is 12.7. The minimum Gasteiger partial charge on any atom is -0.453 e. The molecule has 0 bridgehead atoms. The number of aromatic nitrogens is 6. The molecule has 12 heteroatoms. The zero-order valence-corrected chi connectivity index (χ0v) is 25.1. The summed E-state index contributed by atoms with van der Waals surface area (Å²) in [5, 5.41) is 14.2. The largest absolute Gasteiger partial charge is 0.453 e. The maximum absolute atomic E-state index is 15.0. The van der Waals surface area contributed by atoms with Crippen molar-refractivity contribution < 1.29 is 13.9 Å². The summed E-state index contributed by atoms with van der Waals surface area (Å²) in [6.07, 6.45) is 7.52. The molecule has 5 heterocycles. The minimum atomic E-state index is -0.481. The minimum absolute atomic E-state index is 0.126. The molecule has 0 unspecified atom stereocenters. The number of tetrazole rings is 1. The molecule has 0 spiro atoms. The number of aromatic amines is 1. The third-order valence-corrected chi connectivity index (χ3v) is 9.36. The number of rotatable bonds is 12. The topological polar surface area (TPSA) is 113 Å². The maximum atomic E-state index is 15.0. The van der Waals surface area contributed by atoms with E-state index in [2.05, 4.69) is 41.5 Å². The Hall–Kier alpha value is -4.13. The Morgan fingerprint density at radius 2 is 1.84 bits per heavy atom. The molecule has 1 aliphatic heterocycles. The molecule has 10 nitrogen and oxygen atoms in total. The number of halogens is 1. The van der Waals surface area contributed by atoms with Crippen LogP contribution in [0.2, 0.25) is 0 Å². The van der Waals surface area contributed by atoms with E-state index < -0.39 is 5.82 Å². The van der Waals surface area contributed by atoms with Gasteiger partial charge in [0.15, 0.2) is 17.4 Å². The van der Waals surface area contributed by atoms with E-state index in [4.69, 9.17) is 9.72 Å². The fraction of sp³-hybridized carbons (Fsp3) is 0.375. The summed E-state index contributed by atoms with van der Waals surface area (Å²) in [6.45, 7) is 5.82. The van der Waals surface area contributed by atoms with Gasteiger partial charge < -0.3 is 9.64 Å². The van der Waals surface area contributed by atoms with Gasteiger partial charge >= 0.3 is 0 Å². The second kappa shape index (κ2) is 12.8. The van der Waals surface area contributed by atoms with Gasteiger partial charge in [0, 0.05) is 77.0 Å². The highest BCUT2D eigenvalue weighted by Crippen LogP contribution is 2.39. The van der Waals surface area contributed by atoms with Gasteiger partial charge in [-0.2, -0.15) is 5.21 Å². The van der Waals surface area contributed by atoms with Crippen LogP contribution in [0.4, 0.5) is 4.39 Å². The van der Waals surface area contributed by atoms with Crippen molar-refractivity contribution in [1.29, 1.82) is 0 Å². The van der Waals surface area contributed by atoms with E-state index >= 15 is 0 Å². The summed E-state index contributed by atoms with van der Waals surface area (Å²) < 4.78 is 21.8. The molecule has 0 radical (unpaired) electrons. The first-order valence-corrected chi connectivity index (χ1v) is 15.9. The summed E-state index contributed by atoms with van der Waals surface area (Å²) in [5.74, 6) is 1.63. The van der Waals surface area contributed by atoms with Gasteiger partial charge in [0.2, 0.25) is 0 Å². The van der Waals surface area contributed by atoms with Crippen LogP contribution in [0.5, 0.6) is 11.5 Å². The van der Waals surface area contributed by atoms with Crippen LogP contribution in [0.1, 0.15) is 36.2 Å². The van der Waals surface area contributed by atoms with Gasteiger partial charge in [-0.05, 0) is 54.2 Å².